The summed E-state index contributed by atoms with van der Waals surface area (Å²) in [6.07, 6.45) is 2.18. The maximum atomic E-state index is 12.3. The number of aromatic nitrogens is 3. The minimum absolute atomic E-state index is 0.102. The fourth-order valence-electron chi connectivity index (χ4n) is 2.92. The number of hydrogen-bond acceptors (Lipinski definition) is 7. The van der Waals surface area contributed by atoms with Gasteiger partial charge in [-0.25, -0.2) is 9.97 Å². The van der Waals surface area contributed by atoms with Gasteiger partial charge in [-0.1, -0.05) is 30.3 Å². The maximum absolute atomic E-state index is 12.3. The summed E-state index contributed by atoms with van der Waals surface area (Å²) in [7, 11) is 3.50. The Morgan fingerprint density at radius 1 is 1.36 bits per heavy atom. The van der Waals surface area contributed by atoms with Gasteiger partial charge in [0.2, 0.25) is 0 Å². The van der Waals surface area contributed by atoms with Crippen LogP contribution in [-0.2, 0) is 29.6 Å². The Bertz CT molecular complexity index is 987. The van der Waals surface area contributed by atoms with E-state index in [-0.39, 0.29) is 18.3 Å². The lowest BCUT2D eigenvalue weighted by Crippen LogP contribution is -2.36. The predicted molar refractivity (Wildman–Crippen MR) is 103 cm³/mol. The summed E-state index contributed by atoms with van der Waals surface area (Å²) in [5, 5.41) is 13.9. The number of imidazole rings is 1. The molecule has 0 fully saturated rings. The number of benzene rings is 1. The van der Waals surface area contributed by atoms with Gasteiger partial charge in [0.05, 0.1) is 4.92 Å². The van der Waals surface area contributed by atoms with E-state index < -0.39 is 11.0 Å². The number of carbonyl (C=O) groups excluding carboxylic acids is 1. The summed E-state index contributed by atoms with van der Waals surface area (Å²) in [6.45, 7) is 0.220. The zero-order valence-electron chi connectivity index (χ0n) is 15.7. The molecule has 0 radical (unpaired) electrons. The number of ether oxygens (including phenoxy) is 1. The third-order valence-electron chi connectivity index (χ3n) is 4.51. The molecule has 3 aromatic rings. The van der Waals surface area contributed by atoms with Crippen LogP contribution in [0, 0.1) is 10.1 Å². The van der Waals surface area contributed by atoms with E-state index in [1.54, 1.807) is 18.7 Å². The number of aryl methyl sites for hydroxylation is 2. The van der Waals surface area contributed by atoms with Crippen LogP contribution in [0.1, 0.15) is 17.8 Å². The van der Waals surface area contributed by atoms with Crippen LogP contribution in [-0.4, -0.2) is 38.5 Å². The molecule has 0 bridgehead atoms. The number of fused-ring (bicyclic) bond motifs is 1. The summed E-state index contributed by atoms with van der Waals surface area (Å²) >= 11 is 0. The zero-order valence-corrected chi connectivity index (χ0v) is 15.7. The van der Waals surface area contributed by atoms with Gasteiger partial charge in [0.25, 0.3) is 5.69 Å². The van der Waals surface area contributed by atoms with Gasteiger partial charge in [-0.3, -0.25) is 14.9 Å². The Kier molecular flexibility index (Phi) is 5.95. The molecule has 0 aliphatic carbocycles. The number of rotatable bonds is 8. The van der Waals surface area contributed by atoms with Crippen LogP contribution in [0.4, 0.5) is 5.69 Å². The van der Waals surface area contributed by atoms with E-state index in [0.717, 1.165) is 5.56 Å². The molecule has 9 nitrogen and oxygen atoms in total. The van der Waals surface area contributed by atoms with Crippen molar-refractivity contribution in [1.82, 2.24) is 19.9 Å². The molecule has 3 rings (SSSR count). The van der Waals surface area contributed by atoms with E-state index in [9.17, 15) is 14.9 Å². The van der Waals surface area contributed by atoms with E-state index in [4.69, 9.17) is 4.74 Å². The Labute approximate surface area is 161 Å². The normalized spacial score (nSPS) is 12.1. The van der Waals surface area contributed by atoms with Crippen molar-refractivity contribution < 1.29 is 14.5 Å². The lowest BCUT2D eigenvalue weighted by molar-refractivity contribution is -0.385. The topological polar surface area (TPSA) is 112 Å². The Hall–Kier alpha value is -3.33. The molecule has 0 saturated heterocycles. The van der Waals surface area contributed by atoms with Gasteiger partial charge in [0, 0.05) is 19.5 Å². The highest BCUT2D eigenvalue weighted by atomic mass is 16.6. The number of esters is 1. The third-order valence-corrected chi connectivity index (χ3v) is 4.51. The van der Waals surface area contributed by atoms with Crippen molar-refractivity contribution in [3.63, 3.8) is 0 Å². The smallest absolute Gasteiger partial charge is 0.323 e. The molecule has 0 aliphatic heterocycles. The highest BCUT2D eigenvalue weighted by molar-refractivity contribution is 5.76. The monoisotopic (exact) mass is 383 g/mol. The molecular formula is C19H21N5O4. The molecule has 28 heavy (non-hydrogen) atoms. The summed E-state index contributed by atoms with van der Waals surface area (Å²) in [5.41, 5.74) is 1.84. The molecule has 0 spiro atoms. The number of carbonyl (C=O) groups is 1. The molecule has 9 heteroatoms. The summed E-state index contributed by atoms with van der Waals surface area (Å²) in [5.74, 6) is 0.359. The van der Waals surface area contributed by atoms with Crippen molar-refractivity contribution in [2.24, 2.45) is 7.05 Å². The van der Waals surface area contributed by atoms with Crippen LogP contribution in [0.3, 0.4) is 0 Å². The van der Waals surface area contributed by atoms with Crippen molar-refractivity contribution in [1.29, 1.82) is 0 Å². The molecule has 1 atom stereocenters. The van der Waals surface area contributed by atoms with Crippen LogP contribution < -0.4 is 5.32 Å². The summed E-state index contributed by atoms with van der Waals surface area (Å²) in [6, 6.07) is 10.4. The van der Waals surface area contributed by atoms with E-state index in [2.05, 4.69) is 15.3 Å². The Morgan fingerprint density at radius 3 is 2.79 bits per heavy atom. The van der Waals surface area contributed by atoms with Crippen LogP contribution in [0.15, 0.2) is 42.6 Å². The first-order chi connectivity index (χ1) is 13.5. The molecular weight excluding hydrogens is 362 g/mol. The van der Waals surface area contributed by atoms with Gasteiger partial charge in [-0.05, 0) is 19.0 Å². The van der Waals surface area contributed by atoms with Gasteiger partial charge >= 0.3 is 5.97 Å². The van der Waals surface area contributed by atoms with Crippen molar-refractivity contribution >= 4 is 22.8 Å². The number of likely N-dealkylation sites (N-methyl/N-ethyl adjacent to an activating group) is 1. The number of pyridine rings is 1. The van der Waals surface area contributed by atoms with Crippen LogP contribution in [0.25, 0.3) is 11.2 Å². The fourth-order valence-corrected chi connectivity index (χ4v) is 2.92. The Morgan fingerprint density at radius 2 is 2.11 bits per heavy atom. The fraction of sp³-hybridized carbons (Fsp3) is 0.316. The molecule has 2 heterocycles. The maximum Gasteiger partial charge on any atom is 0.323 e. The first-order valence-electron chi connectivity index (χ1n) is 8.83. The summed E-state index contributed by atoms with van der Waals surface area (Å²) < 4.78 is 7.16. The van der Waals surface area contributed by atoms with Crippen LogP contribution >= 0.6 is 0 Å². The average Bonchev–Trinajstić information content (AvgIpc) is 3.02. The number of nitrogens with zero attached hydrogens (tertiary/aromatic N) is 4. The quantitative estimate of drug-likeness (QED) is 0.360. The van der Waals surface area contributed by atoms with Crippen molar-refractivity contribution in [3.8, 4) is 0 Å². The molecule has 1 aromatic carbocycles. The van der Waals surface area contributed by atoms with Crippen molar-refractivity contribution in [2.45, 2.75) is 25.5 Å². The lowest BCUT2D eigenvalue weighted by Gasteiger charge is -2.15. The van der Waals surface area contributed by atoms with E-state index in [1.165, 1.54) is 12.3 Å². The zero-order chi connectivity index (χ0) is 20.1. The summed E-state index contributed by atoms with van der Waals surface area (Å²) in [4.78, 5) is 31.3. The third kappa shape index (κ3) is 4.32. The van der Waals surface area contributed by atoms with E-state index in [1.807, 2.05) is 30.3 Å². The molecule has 0 amide bonds. The van der Waals surface area contributed by atoms with Crippen molar-refractivity contribution in [3.05, 3.63) is 64.1 Å². The second-order valence-electron chi connectivity index (χ2n) is 6.35. The standard InChI is InChI=1S/C19H21N5O4/c1-20-15(19(25)28-12-13-6-4-3-5-7-13)8-9-17-22-16-10-14(24(26)27)11-21-18(16)23(17)2/h3-7,10-11,15,20H,8-9,12H2,1-2H3. The Balaban J connectivity index is 1.64. The number of nitrogens with one attached hydrogen (secondary N) is 1. The highest BCUT2D eigenvalue weighted by Gasteiger charge is 2.20. The molecule has 0 saturated carbocycles. The SMILES string of the molecule is CNC(CCc1nc2cc([N+](=O)[O-])cnc2n1C)C(=O)OCc1ccccc1. The second kappa shape index (κ2) is 8.57. The van der Waals surface area contributed by atoms with Gasteiger partial charge < -0.3 is 14.6 Å². The average molecular weight is 383 g/mol. The molecule has 2 aromatic heterocycles. The van der Waals surface area contributed by atoms with E-state index >= 15 is 0 Å². The largest absolute Gasteiger partial charge is 0.460 e. The highest BCUT2D eigenvalue weighted by Crippen LogP contribution is 2.19. The van der Waals surface area contributed by atoms with Gasteiger partial charge in [0.15, 0.2) is 5.65 Å². The van der Waals surface area contributed by atoms with E-state index in [0.29, 0.717) is 29.8 Å². The molecule has 1 N–H and O–H groups in total. The number of hydrogen-bond donors (Lipinski definition) is 1. The minimum Gasteiger partial charge on any atom is -0.460 e. The van der Waals surface area contributed by atoms with Gasteiger partial charge in [0.1, 0.15) is 30.2 Å². The van der Waals surface area contributed by atoms with Crippen molar-refractivity contribution in [2.75, 3.05) is 7.05 Å². The first-order valence-corrected chi connectivity index (χ1v) is 8.83. The minimum atomic E-state index is -0.499. The van der Waals surface area contributed by atoms with Gasteiger partial charge in [-0.15, -0.1) is 0 Å². The molecule has 0 aliphatic rings. The molecule has 1 unspecified atom stereocenters. The van der Waals surface area contributed by atoms with Gasteiger partial charge in [-0.2, -0.15) is 0 Å². The number of nitro groups is 1. The second-order valence-corrected chi connectivity index (χ2v) is 6.35. The first kappa shape index (κ1) is 19.4. The molecule has 146 valence electrons. The van der Waals surface area contributed by atoms with Crippen LogP contribution in [0.5, 0.6) is 0 Å². The lowest BCUT2D eigenvalue weighted by atomic mass is 10.1. The predicted octanol–water partition coefficient (Wildman–Crippen LogP) is 2.14. The van der Waals surface area contributed by atoms with Crippen LogP contribution in [0.2, 0.25) is 0 Å².